The van der Waals surface area contributed by atoms with Gasteiger partial charge in [0.1, 0.15) is 11.1 Å². The van der Waals surface area contributed by atoms with Gasteiger partial charge in [0, 0.05) is 11.4 Å². The maximum absolute atomic E-state index is 12.2. The second-order valence-electron chi connectivity index (χ2n) is 5.82. The van der Waals surface area contributed by atoms with E-state index in [9.17, 15) is 14.9 Å². The number of hydrogen-bond donors (Lipinski definition) is 1. The number of ether oxygens (including phenoxy) is 1. The molecule has 0 unspecified atom stereocenters. The number of amides is 1. The van der Waals surface area contributed by atoms with Crippen LogP contribution in [-0.2, 0) is 22.4 Å². The molecule has 1 aromatic heterocycles. The van der Waals surface area contributed by atoms with Gasteiger partial charge in [-0.3, -0.25) is 4.79 Å². The molecular weight excluding hydrogens is 350 g/mol. The van der Waals surface area contributed by atoms with Crippen LogP contribution < -0.4 is 5.32 Å². The van der Waals surface area contributed by atoms with Gasteiger partial charge in [0.05, 0.1) is 24.0 Å². The third kappa shape index (κ3) is 4.03. The zero-order valence-electron chi connectivity index (χ0n) is 14.2. The number of hydrogen-bond acceptors (Lipinski definition) is 6. The summed E-state index contributed by atoms with van der Waals surface area (Å²) in [5.41, 5.74) is 3.70. The van der Waals surface area contributed by atoms with Gasteiger partial charge in [0.25, 0.3) is 0 Å². The molecule has 6 nitrogen and oxygen atoms in total. The molecule has 1 N–H and O–H groups in total. The Morgan fingerprint density at radius 2 is 2.08 bits per heavy atom. The van der Waals surface area contributed by atoms with E-state index in [2.05, 4.69) is 21.1 Å². The van der Waals surface area contributed by atoms with Gasteiger partial charge in [0.2, 0.25) is 5.91 Å². The third-order valence-electron chi connectivity index (χ3n) is 4.07. The van der Waals surface area contributed by atoms with E-state index >= 15 is 0 Å². The number of rotatable bonds is 5. The number of aryl methyl sites for hydroxylation is 2. The number of nitriles is 1. The number of fused-ring (bicyclic) bond motifs is 1. The highest BCUT2D eigenvalue weighted by atomic mass is 32.2. The molecule has 7 heteroatoms. The highest BCUT2D eigenvalue weighted by molar-refractivity contribution is 8.00. The highest BCUT2D eigenvalue weighted by Crippen LogP contribution is 2.27. The zero-order valence-corrected chi connectivity index (χ0v) is 15.1. The molecule has 0 spiro atoms. The summed E-state index contributed by atoms with van der Waals surface area (Å²) in [4.78, 5) is 28.1. The lowest BCUT2D eigenvalue weighted by molar-refractivity contribution is -0.113. The number of carbonyl (C=O) groups is 2. The Morgan fingerprint density at radius 3 is 2.77 bits per heavy atom. The van der Waals surface area contributed by atoms with Gasteiger partial charge in [-0.2, -0.15) is 5.26 Å². The summed E-state index contributed by atoms with van der Waals surface area (Å²) in [6.07, 6.45) is 2.95. The van der Waals surface area contributed by atoms with Crippen LogP contribution in [0.5, 0.6) is 0 Å². The Kier molecular flexibility index (Phi) is 5.54. The largest absolute Gasteiger partial charge is 0.465 e. The fourth-order valence-electron chi connectivity index (χ4n) is 2.78. The van der Waals surface area contributed by atoms with Gasteiger partial charge in [-0.05, 0) is 55.2 Å². The Labute approximate surface area is 155 Å². The first kappa shape index (κ1) is 18.0. The average Bonchev–Trinajstić information content (AvgIpc) is 3.12. The summed E-state index contributed by atoms with van der Waals surface area (Å²) in [7, 11) is 1.32. The number of anilines is 1. The minimum atomic E-state index is -0.426. The summed E-state index contributed by atoms with van der Waals surface area (Å²) in [6, 6.07) is 10.5. The lowest BCUT2D eigenvalue weighted by Crippen LogP contribution is -2.14. The summed E-state index contributed by atoms with van der Waals surface area (Å²) >= 11 is 1.26. The molecule has 0 bridgehead atoms. The van der Waals surface area contributed by atoms with Crippen molar-refractivity contribution in [1.29, 1.82) is 5.26 Å². The van der Waals surface area contributed by atoms with Crippen molar-refractivity contribution in [2.45, 2.75) is 24.3 Å². The first-order valence-corrected chi connectivity index (χ1v) is 9.13. The molecule has 26 heavy (non-hydrogen) atoms. The van der Waals surface area contributed by atoms with E-state index in [1.807, 2.05) is 6.07 Å². The van der Waals surface area contributed by atoms with Gasteiger partial charge in [0.15, 0.2) is 0 Å². The smallest absolute Gasteiger partial charge is 0.337 e. The molecule has 3 rings (SSSR count). The number of nitrogens with zero attached hydrogens (tertiary/aromatic N) is 2. The molecule has 0 aliphatic heterocycles. The predicted molar refractivity (Wildman–Crippen MR) is 98.1 cm³/mol. The maximum atomic E-state index is 12.2. The van der Waals surface area contributed by atoms with Crippen LogP contribution in [-0.4, -0.2) is 29.7 Å². The van der Waals surface area contributed by atoms with Crippen molar-refractivity contribution < 1.29 is 14.3 Å². The Bertz CT molecular complexity index is 888. The Morgan fingerprint density at radius 1 is 1.31 bits per heavy atom. The van der Waals surface area contributed by atoms with Crippen molar-refractivity contribution >= 4 is 29.3 Å². The molecule has 0 radical (unpaired) electrons. The van der Waals surface area contributed by atoms with Crippen molar-refractivity contribution in [3.8, 4) is 6.07 Å². The minimum absolute atomic E-state index is 0.152. The van der Waals surface area contributed by atoms with Crippen LogP contribution in [0.25, 0.3) is 0 Å². The maximum Gasteiger partial charge on any atom is 0.337 e. The third-order valence-corrected chi connectivity index (χ3v) is 5.06. The van der Waals surface area contributed by atoms with E-state index in [1.54, 1.807) is 24.3 Å². The van der Waals surface area contributed by atoms with Crippen LogP contribution in [0.2, 0.25) is 0 Å². The van der Waals surface area contributed by atoms with E-state index < -0.39 is 5.97 Å². The monoisotopic (exact) mass is 367 g/mol. The number of carbonyl (C=O) groups excluding carboxylic acids is 2. The van der Waals surface area contributed by atoms with E-state index in [0.29, 0.717) is 21.8 Å². The number of esters is 1. The molecule has 2 aromatic rings. The van der Waals surface area contributed by atoms with Crippen LogP contribution >= 0.6 is 11.8 Å². The number of aromatic nitrogens is 1. The van der Waals surface area contributed by atoms with Crippen molar-refractivity contribution in [3.63, 3.8) is 0 Å². The predicted octanol–water partition coefficient (Wildman–Crippen LogP) is 2.96. The lowest BCUT2D eigenvalue weighted by Gasteiger charge is -2.08. The molecule has 1 aromatic carbocycles. The fraction of sp³-hybridized carbons (Fsp3) is 0.263. The summed E-state index contributed by atoms with van der Waals surface area (Å²) in [5, 5.41) is 12.7. The molecular formula is C19H17N3O3S. The average molecular weight is 367 g/mol. The van der Waals surface area contributed by atoms with Crippen LogP contribution in [0.4, 0.5) is 5.69 Å². The highest BCUT2D eigenvalue weighted by Gasteiger charge is 2.17. The molecule has 0 fully saturated rings. The van der Waals surface area contributed by atoms with Crippen LogP contribution in [0.15, 0.2) is 35.4 Å². The van der Waals surface area contributed by atoms with Crippen LogP contribution in [0, 0.1) is 11.3 Å². The molecule has 132 valence electrons. The SMILES string of the molecule is COC(=O)c1ccc(NC(=O)CSc2nc3c(cc2C#N)CCC3)cc1. The zero-order chi connectivity index (χ0) is 18.5. The van der Waals surface area contributed by atoms with E-state index in [4.69, 9.17) is 0 Å². The lowest BCUT2D eigenvalue weighted by atomic mass is 10.2. The number of methoxy groups -OCH3 is 1. The van der Waals surface area contributed by atoms with Gasteiger partial charge < -0.3 is 10.1 Å². The Hall–Kier alpha value is -2.85. The van der Waals surface area contributed by atoms with Gasteiger partial charge >= 0.3 is 5.97 Å². The van der Waals surface area contributed by atoms with E-state index in [1.165, 1.54) is 18.9 Å². The van der Waals surface area contributed by atoms with Crippen LogP contribution in [0.3, 0.4) is 0 Å². The minimum Gasteiger partial charge on any atom is -0.465 e. The van der Waals surface area contributed by atoms with Gasteiger partial charge in [-0.25, -0.2) is 9.78 Å². The van der Waals surface area contributed by atoms with Gasteiger partial charge in [-0.15, -0.1) is 0 Å². The van der Waals surface area contributed by atoms with Crippen LogP contribution in [0.1, 0.15) is 33.6 Å². The first-order valence-electron chi connectivity index (χ1n) is 8.14. The summed E-state index contributed by atoms with van der Waals surface area (Å²) < 4.78 is 4.64. The first-order chi connectivity index (χ1) is 12.6. The van der Waals surface area contributed by atoms with E-state index in [0.717, 1.165) is 30.5 Å². The van der Waals surface area contributed by atoms with Crippen molar-refractivity contribution in [2.75, 3.05) is 18.2 Å². The molecule has 0 saturated heterocycles. The van der Waals surface area contributed by atoms with Crippen molar-refractivity contribution in [3.05, 3.63) is 52.7 Å². The summed E-state index contributed by atoms with van der Waals surface area (Å²) in [5.74, 6) is -0.476. The topological polar surface area (TPSA) is 92.1 Å². The number of nitrogens with one attached hydrogen (secondary N) is 1. The van der Waals surface area contributed by atoms with Crippen molar-refractivity contribution in [2.24, 2.45) is 0 Å². The quantitative estimate of drug-likeness (QED) is 0.645. The molecule has 0 saturated carbocycles. The van der Waals surface area contributed by atoms with Crippen molar-refractivity contribution in [1.82, 2.24) is 4.98 Å². The molecule has 1 heterocycles. The molecule has 1 aliphatic carbocycles. The summed E-state index contributed by atoms with van der Waals surface area (Å²) in [6.45, 7) is 0. The standard InChI is InChI=1S/C19H17N3O3S/c1-25-19(24)12-5-7-15(8-6-12)21-17(23)11-26-18-14(10-20)9-13-3-2-4-16(13)22-18/h5-9H,2-4,11H2,1H3,(H,21,23). The number of benzene rings is 1. The fourth-order valence-corrected chi connectivity index (χ4v) is 3.56. The molecule has 1 aliphatic rings. The molecule has 1 amide bonds. The number of thioether (sulfide) groups is 1. The van der Waals surface area contributed by atoms with E-state index in [-0.39, 0.29) is 11.7 Å². The normalized spacial score (nSPS) is 12.2. The van der Waals surface area contributed by atoms with Gasteiger partial charge in [-0.1, -0.05) is 11.8 Å². The second kappa shape index (κ2) is 8.02. The molecule has 0 atom stereocenters. The number of pyridine rings is 1. The second-order valence-corrected chi connectivity index (χ2v) is 6.78. The Balaban J connectivity index is 1.61.